The van der Waals surface area contributed by atoms with E-state index in [1.54, 1.807) is 6.07 Å². The van der Waals surface area contributed by atoms with E-state index >= 15 is 0 Å². The van der Waals surface area contributed by atoms with Crippen LogP contribution in [0.1, 0.15) is 23.2 Å². The van der Waals surface area contributed by atoms with Crippen molar-refractivity contribution in [2.75, 3.05) is 0 Å². The average Bonchev–Trinajstić information content (AvgIpc) is 3.00. The number of carboxylic acid groups (broad SMARTS) is 1. The Balaban J connectivity index is 1.88. The highest BCUT2D eigenvalue weighted by molar-refractivity contribution is 5.89. The van der Waals surface area contributed by atoms with Crippen LogP contribution in [0.25, 0.3) is 21.7 Å². The van der Waals surface area contributed by atoms with E-state index in [2.05, 4.69) is 34.9 Å². The zero-order valence-corrected chi connectivity index (χ0v) is 15.8. The molecule has 0 unspecified atom stereocenters. The predicted octanol–water partition coefficient (Wildman–Crippen LogP) is 3.26. The van der Waals surface area contributed by atoms with Gasteiger partial charge in [-0.1, -0.05) is 30.3 Å². The van der Waals surface area contributed by atoms with Gasteiger partial charge in [0.15, 0.2) is 0 Å². The Morgan fingerprint density at radius 3 is 2.61 bits per heavy atom. The Kier molecular flexibility index (Phi) is 4.47. The third kappa shape index (κ3) is 3.07. The van der Waals surface area contributed by atoms with Crippen LogP contribution in [0, 0.1) is 6.92 Å². The summed E-state index contributed by atoms with van der Waals surface area (Å²) in [6.07, 6.45) is 2.52. The van der Waals surface area contributed by atoms with Crippen molar-refractivity contribution in [2.45, 2.75) is 26.3 Å². The molecule has 28 heavy (non-hydrogen) atoms. The van der Waals surface area contributed by atoms with Gasteiger partial charge >= 0.3 is 5.97 Å². The highest BCUT2D eigenvalue weighted by Crippen LogP contribution is 2.27. The van der Waals surface area contributed by atoms with E-state index in [1.165, 1.54) is 15.6 Å². The zero-order valence-electron chi connectivity index (χ0n) is 15.8. The molecule has 0 saturated heterocycles. The first-order valence-corrected chi connectivity index (χ1v) is 9.20. The number of rotatable bonds is 5. The molecule has 0 amide bonds. The molecule has 0 aliphatic heterocycles. The first-order chi connectivity index (χ1) is 13.5. The maximum absolute atomic E-state index is 12.7. The summed E-state index contributed by atoms with van der Waals surface area (Å²) in [5, 5.41) is 16.1. The average molecular weight is 375 g/mol. The summed E-state index contributed by atoms with van der Waals surface area (Å²) in [5.74, 6) is -0.951. The molecule has 4 aromatic rings. The van der Waals surface area contributed by atoms with Crippen LogP contribution in [-0.2, 0) is 24.8 Å². The van der Waals surface area contributed by atoms with Crippen LogP contribution in [-0.4, -0.2) is 25.4 Å². The van der Waals surface area contributed by atoms with Crippen molar-refractivity contribution in [1.82, 2.24) is 14.3 Å². The molecule has 6 heteroatoms. The van der Waals surface area contributed by atoms with Gasteiger partial charge in [-0.05, 0) is 30.2 Å². The Bertz CT molecular complexity index is 1270. The van der Waals surface area contributed by atoms with Crippen LogP contribution in [0.3, 0.4) is 0 Å². The molecule has 0 aliphatic rings. The molecular formula is C22H21N3O3. The SMILES string of the molecule is Cc1cccc2c1c(Cc1nn(CCC(=O)O)c(=O)c3ccccc13)cn2C. The van der Waals surface area contributed by atoms with E-state index in [0.717, 1.165) is 22.2 Å². The first-order valence-electron chi connectivity index (χ1n) is 9.20. The Morgan fingerprint density at radius 1 is 1.11 bits per heavy atom. The normalized spacial score (nSPS) is 11.4. The summed E-state index contributed by atoms with van der Waals surface area (Å²) in [6.45, 7) is 2.14. The van der Waals surface area contributed by atoms with Gasteiger partial charge in [0.05, 0.1) is 24.0 Å². The van der Waals surface area contributed by atoms with E-state index in [4.69, 9.17) is 5.11 Å². The van der Waals surface area contributed by atoms with Crippen LogP contribution in [0.4, 0.5) is 0 Å². The molecular weight excluding hydrogens is 354 g/mol. The van der Waals surface area contributed by atoms with Gasteiger partial charge < -0.3 is 9.67 Å². The number of carboxylic acids is 1. The molecule has 2 aromatic heterocycles. The molecule has 142 valence electrons. The summed E-state index contributed by atoms with van der Waals surface area (Å²) < 4.78 is 3.38. The number of carbonyl (C=O) groups is 1. The fourth-order valence-corrected chi connectivity index (χ4v) is 3.84. The topological polar surface area (TPSA) is 77.1 Å². The van der Waals surface area contributed by atoms with Crippen molar-refractivity contribution in [2.24, 2.45) is 7.05 Å². The lowest BCUT2D eigenvalue weighted by Crippen LogP contribution is -2.26. The Morgan fingerprint density at radius 2 is 1.86 bits per heavy atom. The largest absolute Gasteiger partial charge is 0.481 e. The number of fused-ring (bicyclic) bond motifs is 2. The minimum atomic E-state index is -0.951. The van der Waals surface area contributed by atoms with Crippen molar-refractivity contribution in [3.63, 3.8) is 0 Å². The smallest absolute Gasteiger partial charge is 0.305 e. The van der Waals surface area contributed by atoms with Crippen molar-refractivity contribution in [1.29, 1.82) is 0 Å². The maximum atomic E-state index is 12.7. The molecule has 0 aliphatic carbocycles. The third-order valence-electron chi connectivity index (χ3n) is 5.14. The second-order valence-electron chi connectivity index (χ2n) is 7.08. The minimum absolute atomic E-state index is 0.0561. The molecule has 1 N–H and O–H groups in total. The van der Waals surface area contributed by atoms with E-state index in [9.17, 15) is 9.59 Å². The van der Waals surface area contributed by atoms with Gasteiger partial charge in [0, 0.05) is 36.0 Å². The van der Waals surface area contributed by atoms with Gasteiger partial charge in [0.2, 0.25) is 0 Å². The van der Waals surface area contributed by atoms with Crippen LogP contribution in [0.5, 0.6) is 0 Å². The maximum Gasteiger partial charge on any atom is 0.305 e. The fraction of sp³-hybridized carbons (Fsp3) is 0.227. The molecule has 0 fully saturated rings. The number of aryl methyl sites for hydroxylation is 3. The lowest BCUT2D eigenvalue weighted by molar-refractivity contribution is -0.137. The summed E-state index contributed by atoms with van der Waals surface area (Å²) in [5.41, 5.74) is 4.00. The number of hydrogen-bond donors (Lipinski definition) is 1. The van der Waals surface area contributed by atoms with E-state index in [0.29, 0.717) is 11.8 Å². The standard InChI is InChI=1S/C22H21N3O3/c1-14-6-5-9-19-21(14)15(13-24(19)2)12-18-16-7-3-4-8-17(16)22(28)25(23-18)11-10-20(26)27/h3-9,13H,10-12H2,1-2H3,(H,26,27). The van der Waals surface area contributed by atoms with Crippen LogP contribution >= 0.6 is 0 Å². The van der Waals surface area contributed by atoms with Gasteiger partial charge in [-0.25, -0.2) is 4.68 Å². The van der Waals surface area contributed by atoms with E-state index < -0.39 is 5.97 Å². The number of benzene rings is 2. The number of hydrogen-bond acceptors (Lipinski definition) is 3. The quantitative estimate of drug-likeness (QED) is 0.581. The fourth-order valence-electron chi connectivity index (χ4n) is 3.84. The summed E-state index contributed by atoms with van der Waals surface area (Å²) in [6, 6.07) is 13.6. The van der Waals surface area contributed by atoms with Gasteiger partial charge in [-0.2, -0.15) is 5.10 Å². The Labute approximate surface area is 161 Å². The predicted molar refractivity (Wildman–Crippen MR) is 109 cm³/mol. The van der Waals surface area contributed by atoms with Gasteiger partial charge in [0.1, 0.15) is 0 Å². The second-order valence-corrected chi connectivity index (χ2v) is 7.08. The van der Waals surface area contributed by atoms with Crippen molar-refractivity contribution in [3.8, 4) is 0 Å². The molecule has 2 heterocycles. The molecule has 0 atom stereocenters. The van der Waals surface area contributed by atoms with E-state index in [-0.39, 0.29) is 18.5 Å². The van der Waals surface area contributed by atoms with Crippen molar-refractivity contribution in [3.05, 3.63) is 75.8 Å². The molecule has 0 bridgehead atoms. The Hall–Kier alpha value is -3.41. The van der Waals surface area contributed by atoms with Crippen LogP contribution in [0.2, 0.25) is 0 Å². The first kappa shape index (κ1) is 18.0. The van der Waals surface area contributed by atoms with Crippen LogP contribution < -0.4 is 5.56 Å². The van der Waals surface area contributed by atoms with Crippen LogP contribution in [0.15, 0.2) is 53.5 Å². The monoisotopic (exact) mass is 375 g/mol. The van der Waals surface area contributed by atoms with E-state index in [1.807, 2.05) is 31.3 Å². The molecule has 4 rings (SSSR count). The number of nitrogens with zero attached hydrogens (tertiary/aromatic N) is 3. The minimum Gasteiger partial charge on any atom is -0.481 e. The zero-order chi connectivity index (χ0) is 19.8. The number of aliphatic carboxylic acids is 1. The lowest BCUT2D eigenvalue weighted by atomic mass is 10.0. The van der Waals surface area contributed by atoms with Gasteiger partial charge in [0.25, 0.3) is 5.56 Å². The van der Waals surface area contributed by atoms with Gasteiger partial charge in [-0.15, -0.1) is 0 Å². The molecule has 2 aromatic carbocycles. The molecule has 0 saturated carbocycles. The third-order valence-corrected chi connectivity index (χ3v) is 5.14. The summed E-state index contributed by atoms with van der Waals surface area (Å²) in [7, 11) is 2.02. The summed E-state index contributed by atoms with van der Waals surface area (Å²) in [4.78, 5) is 23.7. The van der Waals surface area contributed by atoms with Crippen molar-refractivity contribution < 1.29 is 9.90 Å². The summed E-state index contributed by atoms with van der Waals surface area (Å²) >= 11 is 0. The highest BCUT2D eigenvalue weighted by atomic mass is 16.4. The highest BCUT2D eigenvalue weighted by Gasteiger charge is 2.15. The molecule has 0 radical (unpaired) electrons. The second kappa shape index (κ2) is 6.96. The van der Waals surface area contributed by atoms with Gasteiger partial charge in [-0.3, -0.25) is 9.59 Å². The number of aromatic nitrogens is 3. The molecule has 6 nitrogen and oxygen atoms in total. The lowest BCUT2D eigenvalue weighted by Gasteiger charge is -2.10. The molecule has 0 spiro atoms. The van der Waals surface area contributed by atoms with Crippen molar-refractivity contribution >= 4 is 27.6 Å².